The van der Waals surface area contributed by atoms with Crippen molar-refractivity contribution in [3.05, 3.63) is 40.1 Å². The van der Waals surface area contributed by atoms with E-state index in [0.29, 0.717) is 6.04 Å². The molecule has 3 rings (SSSR count). The Morgan fingerprint density at radius 1 is 1.44 bits per heavy atom. The van der Waals surface area contributed by atoms with Gasteiger partial charge in [-0.2, -0.15) is 0 Å². The summed E-state index contributed by atoms with van der Waals surface area (Å²) in [5, 5.41) is 11.8. The van der Waals surface area contributed by atoms with Crippen molar-refractivity contribution in [2.45, 2.75) is 32.4 Å². The summed E-state index contributed by atoms with van der Waals surface area (Å²) >= 11 is 3.50. The van der Waals surface area contributed by atoms with E-state index < -0.39 is 0 Å². The van der Waals surface area contributed by atoms with Crippen LogP contribution in [-0.2, 0) is 6.54 Å². The average molecular weight is 307 g/mol. The Morgan fingerprint density at radius 2 is 2.28 bits per heavy atom. The van der Waals surface area contributed by atoms with Gasteiger partial charge in [0.1, 0.15) is 0 Å². The Kier molecular flexibility index (Phi) is 3.18. The van der Waals surface area contributed by atoms with Gasteiger partial charge < -0.3 is 5.32 Å². The number of aryl methyl sites for hydroxylation is 1. The molecule has 0 radical (unpaired) electrons. The molecule has 1 fully saturated rings. The number of nitrogens with one attached hydrogen (secondary N) is 1. The normalized spacial score (nSPS) is 15.0. The van der Waals surface area contributed by atoms with E-state index in [-0.39, 0.29) is 0 Å². The van der Waals surface area contributed by atoms with Crippen molar-refractivity contribution in [1.29, 1.82) is 0 Å². The molecule has 0 spiro atoms. The molecule has 0 bridgehead atoms. The lowest BCUT2D eigenvalue weighted by Gasteiger charge is -2.03. The predicted molar refractivity (Wildman–Crippen MR) is 73.7 cm³/mol. The van der Waals surface area contributed by atoms with Crippen LogP contribution in [0.3, 0.4) is 0 Å². The third-order valence-electron chi connectivity index (χ3n) is 3.10. The number of benzene rings is 1. The van der Waals surface area contributed by atoms with Crippen molar-refractivity contribution in [1.82, 2.24) is 20.3 Å². The van der Waals surface area contributed by atoms with Crippen molar-refractivity contribution in [3.8, 4) is 5.69 Å². The molecule has 1 aliphatic rings. The van der Waals surface area contributed by atoms with Crippen molar-refractivity contribution in [3.63, 3.8) is 0 Å². The van der Waals surface area contributed by atoms with Gasteiger partial charge in [0.25, 0.3) is 0 Å². The number of hydrogen-bond donors (Lipinski definition) is 1. The highest BCUT2D eigenvalue weighted by Crippen LogP contribution is 2.20. The molecule has 94 valence electrons. The molecule has 0 atom stereocenters. The molecule has 1 aromatic carbocycles. The first-order chi connectivity index (χ1) is 8.72. The van der Waals surface area contributed by atoms with Crippen LogP contribution in [0.15, 0.2) is 28.9 Å². The second-order valence-electron chi connectivity index (χ2n) is 4.74. The maximum Gasteiger partial charge on any atom is 0.0969 e. The molecule has 0 saturated heterocycles. The summed E-state index contributed by atoms with van der Waals surface area (Å²) in [5.41, 5.74) is 3.23. The maximum atomic E-state index is 4.18. The van der Waals surface area contributed by atoms with Gasteiger partial charge in [0.15, 0.2) is 0 Å². The van der Waals surface area contributed by atoms with Gasteiger partial charge in [0.05, 0.1) is 17.6 Å². The highest BCUT2D eigenvalue weighted by atomic mass is 79.9. The van der Waals surface area contributed by atoms with Crippen molar-refractivity contribution < 1.29 is 0 Å². The monoisotopic (exact) mass is 306 g/mol. The van der Waals surface area contributed by atoms with Crippen LogP contribution in [0.1, 0.15) is 24.1 Å². The summed E-state index contributed by atoms with van der Waals surface area (Å²) in [7, 11) is 0. The molecular formula is C13H15BrN4. The number of nitrogens with zero attached hydrogens (tertiary/aromatic N) is 3. The fourth-order valence-electron chi connectivity index (χ4n) is 1.81. The van der Waals surface area contributed by atoms with Gasteiger partial charge in [-0.15, -0.1) is 5.10 Å². The fraction of sp³-hybridized carbons (Fsp3) is 0.385. The van der Waals surface area contributed by atoms with E-state index in [1.165, 1.54) is 18.4 Å². The fourth-order valence-corrected chi connectivity index (χ4v) is 2.06. The minimum absolute atomic E-state index is 0.699. The zero-order valence-corrected chi connectivity index (χ0v) is 11.8. The van der Waals surface area contributed by atoms with Crippen molar-refractivity contribution in [2.24, 2.45) is 0 Å². The highest BCUT2D eigenvalue weighted by molar-refractivity contribution is 9.10. The van der Waals surface area contributed by atoms with Gasteiger partial charge >= 0.3 is 0 Å². The van der Waals surface area contributed by atoms with Gasteiger partial charge in [0.2, 0.25) is 0 Å². The summed E-state index contributed by atoms with van der Waals surface area (Å²) in [5.74, 6) is 0. The Balaban J connectivity index is 1.76. The molecule has 1 N–H and O–H groups in total. The van der Waals surface area contributed by atoms with E-state index in [4.69, 9.17) is 0 Å². The topological polar surface area (TPSA) is 42.7 Å². The molecule has 1 heterocycles. The Bertz CT molecular complexity index is 560. The Morgan fingerprint density at radius 3 is 3.00 bits per heavy atom. The molecule has 1 aromatic heterocycles. The summed E-state index contributed by atoms with van der Waals surface area (Å²) in [6.45, 7) is 2.88. The lowest BCUT2D eigenvalue weighted by molar-refractivity contribution is 0.671. The molecule has 1 saturated carbocycles. The zero-order valence-electron chi connectivity index (χ0n) is 10.2. The Labute approximate surface area is 115 Å². The van der Waals surface area contributed by atoms with E-state index in [2.05, 4.69) is 44.5 Å². The second-order valence-corrected chi connectivity index (χ2v) is 5.60. The van der Waals surface area contributed by atoms with Crippen LogP contribution in [0.5, 0.6) is 0 Å². The number of rotatable bonds is 4. The van der Waals surface area contributed by atoms with Gasteiger partial charge in [-0.25, -0.2) is 4.68 Å². The lowest BCUT2D eigenvalue weighted by Crippen LogP contribution is -2.15. The van der Waals surface area contributed by atoms with E-state index in [0.717, 1.165) is 22.4 Å². The molecule has 0 unspecified atom stereocenters. The summed E-state index contributed by atoms with van der Waals surface area (Å²) in [6, 6.07) is 6.86. The second kappa shape index (κ2) is 4.82. The van der Waals surface area contributed by atoms with Crippen LogP contribution >= 0.6 is 15.9 Å². The van der Waals surface area contributed by atoms with Gasteiger partial charge in [0, 0.05) is 17.1 Å². The Hall–Kier alpha value is -1.20. The van der Waals surface area contributed by atoms with Crippen molar-refractivity contribution >= 4 is 15.9 Å². The van der Waals surface area contributed by atoms with Gasteiger partial charge in [-0.3, -0.25) is 0 Å². The smallest absolute Gasteiger partial charge is 0.0969 e. The van der Waals surface area contributed by atoms with Crippen LogP contribution in [-0.4, -0.2) is 21.0 Å². The van der Waals surface area contributed by atoms with E-state index in [1.807, 2.05) is 23.0 Å². The van der Waals surface area contributed by atoms with Crippen LogP contribution in [0.2, 0.25) is 0 Å². The van der Waals surface area contributed by atoms with Crippen molar-refractivity contribution in [2.75, 3.05) is 0 Å². The predicted octanol–water partition coefficient (Wildman–Crippen LogP) is 2.59. The standard InChI is InChI=1S/C13H15BrN4/c1-9-6-12(4-5-13(9)14)18-8-11(16-17-18)7-15-10-2-3-10/h4-6,8,10,15H,2-3,7H2,1H3. The van der Waals surface area contributed by atoms with E-state index in [9.17, 15) is 0 Å². The average Bonchev–Trinajstić information content (AvgIpc) is 3.08. The molecule has 0 aliphatic heterocycles. The van der Waals surface area contributed by atoms with Gasteiger partial charge in [-0.05, 0) is 43.5 Å². The van der Waals surface area contributed by atoms with Crippen LogP contribution in [0.25, 0.3) is 5.69 Å². The SMILES string of the molecule is Cc1cc(-n2cc(CNC3CC3)nn2)ccc1Br. The molecule has 2 aromatic rings. The van der Waals surface area contributed by atoms with E-state index >= 15 is 0 Å². The first-order valence-electron chi connectivity index (χ1n) is 6.13. The zero-order chi connectivity index (χ0) is 12.5. The number of aromatic nitrogens is 3. The largest absolute Gasteiger partial charge is 0.308 e. The third-order valence-corrected chi connectivity index (χ3v) is 3.99. The number of halogens is 1. The molecule has 1 aliphatic carbocycles. The first-order valence-corrected chi connectivity index (χ1v) is 6.93. The minimum atomic E-state index is 0.699. The summed E-state index contributed by atoms with van der Waals surface area (Å²) in [4.78, 5) is 0. The highest BCUT2D eigenvalue weighted by Gasteiger charge is 2.20. The lowest BCUT2D eigenvalue weighted by atomic mass is 10.2. The van der Waals surface area contributed by atoms with Crippen LogP contribution in [0, 0.1) is 6.92 Å². The first kappa shape index (κ1) is 11.9. The molecule has 5 heteroatoms. The molecular weight excluding hydrogens is 292 g/mol. The summed E-state index contributed by atoms with van der Waals surface area (Å²) in [6.07, 6.45) is 4.57. The van der Waals surface area contributed by atoms with Crippen LogP contribution in [0.4, 0.5) is 0 Å². The number of hydrogen-bond acceptors (Lipinski definition) is 3. The molecule has 18 heavy (non-hydrogen) atoms. The molecule has 4 nitrogen and oxygen atoms in total. The summed E-state index contributed by atoms with van der Waals surface area (Å²) < 4.78 is 2.94. The van der Waals surface area contributed by atoms with E-state index in [1.54, 1.807) is 0 Å². The quantitative estimate of drug-likeness (QED) is 0.944. The minimum Gasteiger partial charge on any atom is -0.308 e. The molecule has 0 amide bonds. The van der Waals surface area contributed by atoms with Crippen LogP contribution < -0.4 is 5.32 Å². The maximum absolute atomic E-state index is 4.18. The van der Waals surface area contributed by atoms with Gasteiger partial charge in [-0.1, -0.05) is 21.1 Å². The third kappa shape index (κ3) is 2.62.